The monoisotopic (exact) mass is 350 g/mol. The second kappa shape index (κ2) is 6.07. The highest BCUT2D eigenvalue weighted by Crippen LogP contribution is 2.37. The molecule has 2 N–H and O–H groups in total. The number of aromatic amines is 1. The Bertz CT molecular complexity index is 1030. The lowest BCUT2D eigenvalue weighted by atomic mass is 9.90. The summed E-state index contributed by atoms with van der Waals surface area (Å²) in [6.45, 7) is 0. The molecule has 1 aliphatic rings. The summed E-state index contributed by atoms with van der Waals surface area (Å²) in [4.78, 5) is 14.7. The predicted octanol–water partition coefficient (Wildman–Crippen LogP) is 4.75. The van der Waals surface area contributed by atoms with Crippen molar-refractivity contribution in [3.63, 3.8) is 0 Å². The Kier molecular flexibility index (Phi) is 3.59. The van der Waals surface area contributed by atoms with E-state index in [1.165, 1.54) is 37.1 Å². The summed E-state index contributed by atoms with van der Waals surface area (Å²) in [6, 6.07) is 6.08. The van der Waals surface area contributed by atoms with Crippen molar-refractivity contribution in [1.29, 1.82) is 0 Å². The number of aromatic nitrogens is 5. The molecule has 3 aromatic heterocycles. The van der Waals surface area contributed by atoms with Crippen LogP contribution in [0, 0.1) is 0 Å². The second-order valence-corrected chi connectivity index (χ2v) is 7.57. The Balaban J connectivity index is 1.50. The van der Waals surface area contributed by atoms with Gasteiger partial charge in [-0.3, -0.25) is 5.10 Å². The van der Waals surface area contributed by atoms with Crippen LogP contribution in [0.15, 0.2) is 30.7 Å². The van der Waals surface area contributed by atoms with E-state index in [4.69, 9.17) is 4.98 Å². The molecule has 1 saturated carbocycles. The van der Waals surface area contributed by atoms with E-state index >= 15 is 0 Å². The Morgan fingerprint density at radius 1 is 1.12 bits per heavy atom. The van der Waals surface area contributed by atoms with Gasteiger partial charge in [-0.2, -0.15) is 5.10 Å². The fraction of sp³-hybridized carbons (Fsp3) is 0.333. The van der Waals surface area contributed by atoms with E-state index in [-0.39, 0.29) is 0 Å². The Hall–Kier alpha value is -2.54. The summed E-state index contributed by atoms with van der Waals surface area (Å²) in [5, 5.41) is 12.7. The number of nitrogens with one attached hydrogen (secondary N) is 2. The standard InChI is InChI=1S/C18H18N6S/c1-2-4-11(5-3-1)17-23-15-16(19-10-20-18(15)25-17)22-13-6-7-14-12(8-13)9-21-24-14/h6-11H,1-5H2,(H,21,24)(H,19,20,22). The number of thiazole rings is 1. The van der Waals surface area contributed by atoms with Crippen LogP contribution in [0.4, 0.5) is 11.5 Å². The van der Waals surface area contributed by atoms with Gasteiger partial charge in [0.25, 0.3) is 0 Å². The minimum Gasteiger partial charge on any atom is -0.338 e. The zero-order valence-corrected chi connectivity index (χ0v) is 14.5. The van der Waals surface area contributed by atoms with Crippen LogP contribution in [0.1, 0.15) is 43.0 Å². The third-order valence-corrected chi connectivity index (χ3v) is 6.00. The van der Waals surface area contributed by atoms with E-state index in [1.807, 2.05) is 18.3 Å². The molecule has 126 valence electrons. The fourth-order valence-corrected chi connectivity index (χ4v) is 4.62. The van der Waals surface area contributed by atoms with Crippen molar-refractivity contribution in [1.82, 2.24) is 25.1 Å². The van der Waals surface area contributed by atoms with Crippen LogP contribution in [-0.2, 0) is 0 Å². The number of H-pyrrole nitrogens is 1. The molecule has 0 amide bonds. The van der Waals surface area contributed by atoms with Gasteiger partial charge in [-0.15, -0.1) is 0 Å². The molecule has 0 spiro atoms. The smallest absolute Gasteiger partial charge is 0.161 e. The number of benzene rings is 1. The zero-order chi connectivity index (χ0) is 16.6. The lowest BCUT2D eigenvalue weighted by Crippen LogP contribution is -2.03. The molecule has 0 unspecified atom stereocenters. The van der Waals surface area contributed by atoms with Gasteiger partial charge in [0.1, 0.15) is 16.7 Å². The molecule has 25 heavy (non-hydrogen) atoms. The maximum atomic E-state index is 4.90. The topological polar surface area (TPSA) is 79.4 Å². The number of rotatable bonds is 3. The first-order valence-corrected chi connectivity index (χ1v) is 9.50. The van der Waals surface area contributed by atoms with Crippen LogP contribution in [0.25, 0.3) is 21.3 Å². The van der Waals surface area contributed by atoms with E-state index in [0.29, 0.717) is 5.92 Å². The van der Waals surface area contributed by atoms with Crippen LogP contribution in [0.2, 0.25) is 0 Å². The first-order chi connectivity index (χ1) is 12.4. The number of fused-ring (bicyclic) bond motifs is 2. The minimum absolute atomic E-state index is 0.586. The zero-order valence-electron chi connectivity index (χ0n) is 13.7. The highest BCUT2D eigenvalue weighted by molar-refractivity contribution is 7.18. The lowest BCUT2D eigenvalue weighted by molar-refractivity contribution is 0.443. The molecular weight excluding hydrogens is 332 g/mol. The van der Waals surface area contributed by atoms with Crippen molar-refractivity contribution >= 4 is 44.1 Å². The molecule has 0 saturated heterocycles. The van der Waals surface area contributed by atoms with Crippen LogP contribution in [0.3, 0.4) is 0 Å². The number of hydrogen-bond donors (Lipinski definition) is 2. The van der Waals surface area contributed by atoms with Crippen molar-refractivity contribution in [3.05, 3.63) is 35.7 Å². The molecule has 3 heterocycles. The van der Waals surface area contributed by atoms with Gasteiger partial charge >= 0.3 is 0 Å². The molecule has 5 rings (SSSR count). The molecule has 4 aromatic rings. The molecular formula is C18H18N6S. The molecule has 1 fully saturated rings. The van der Waals surface area contributed by atoms with Crippen LogP contribution in [-0.4, -0.2) is 25.1 Å². The largest absolute Gasteiger partial charge is 0.338 e. The molecule has 6 nitrogen and oxygen atoms in total. The summed E-state index contributed by atoms with van der Waals surface area (Å²) < 4.78 is 0. The summed E-state index contributed by atoms with van der Waals surface area (Å²) in [6.07, 6.45) is 9.89. The first kappa shape index (κ1) is 14.8. The van der Waals surface area contributed by atoms with E-state index in [2.05, 4.69) is 31.5 Å². The van der Waals surface area contributed by atoms with Gasteiger partial charge in [-0.05, 0) is 31.0 Å². The van der Waals surface area contributed by atoms with E-state index < -0.39 is 0 Å². The number of hydrogen-bond acceptors (Lipinski definition) is 6. The Labute approximate surface area is 148 Å². The van der Waals surface area contributed by atoms with E-state index in [9.17, 15) is 0 Å². The van der Waals surface area contributed by atoms with Crippen molar-refractivity contribution in [3.8, 4) is 0 Å². The minimum atomic E-state index is 0.586. The summed E-state index contributed by atoms with van der Waals surface area (Å²) in [5.41, 5.74) is 2.87. The fourth-order valence-electron chi connectivity index (χ4n) is 3.54. The van der Waals surface area contributed by atoms with Gasteiger partial charge in [0.15, 0.2) is 5.82 Å². The van der Waals surface area contributed by atoms with Crippen LogP contribution in [0.5, 0.6) is 0 Å². The van der Waals surface area contributed by atoms with Crippen LogP contribution >= 0.6 is 11.3 Å². The van der Waals surface area contributed by atoms with Crippen molar-refractivity contribution in [2.45, 2.75) is 38.0 Å². The number of nitrogens with zero attached hydrogens (tertiary/aromatic N) is 4. The van der Waals surface area contributed by atoms with Gasteiger partial charge in [0.05, 0.1) is 16.7 Å². The predicted molar refractivity (Wildman–Crippen MR) is 100 cm³/mol. The normalized spacial score (nSPS) is 15.8. The Morgan fingerprint density at radius 2 is 2.04 bits per heavy atom. The summed E-state index contributed by atoms with van der Waals surface area (Å²) in [5.74, 6) is 1.36. The highest BCUT2D eigenvalue weighted by Gasteiger charge is 2.21. The Morgan fingerprint density at radius 3 is 2.96 bits per heavy atom. The van der Waals surface area contributed by atoms with E-state index in [1.54, 1.807) is 17.7 Å². The molecule has 0 atom stereocenters. The molecule has 1 aromatic carbocycles. The third kappa shape index (κ3) is 2.74. The number of anilines is 2. The maximum absolute atomic E-state index is 4.90. The average molecular weight is 350 g/mol. The molecule has 0 radical (unpaired) electrons. The van der Waals surface area contributed by atoms with Gasteiger partial charge in [-0.25, -0.2) is 15.0 Å². The molecule has 0 bridgehead atoms. The third-order valence-electron chi connectivity index (χ3n) is 4.87. The highest BCUT2D eigenvalue weighted by atomic mass is 32.1. The van der Waals surface area contributed by atoms with Gasteiger partial charge in [0, 0.05) is 17.0 Å². The molecule has 1 aliphatic carbocycles. The van der Waals surface area contributed by atoms with Gasteiger partial charge in [0.2, 0.25) is 0 Å². The summed E-state index contributed by atoms with van der Waals surface area (Å²) >= 11 is 1.72. The SMILES string of the molecule is c1nc(Nc2ccc3[nH]ncc3c2)c2nc(C3CCCCC3)sc2n1. The lowest BCUT2D eigenvalue weighted by Gasteiger charge is -2.18. The quantitative estimate of drug-likeness (QED) is 0.557. The van der Waals surface area contributed by atoms with Crippen molar-refractivity contribution in [2.75, 3.05) is 5.32 Å². The van der Waals surface area contributed by atoms with E-state index in [0.717, 1.165) is 32.8 Å². The summed E-state index contributed by atoms with van der Waals surface area (Å²) in [7, 11) is 0. The average Bonchev–Trinajstić information content (AvgIpc) is 3.29. The first-order valence-electron chi connectivity index (χ1n) is 8.68. The maximum Gasteiger partial charge on any atom is 0.161 e. The van der Waals surface area contributed by atoms with Crippen LogP contribution < -0.4 is 5.32 Å². The van der Waals surface area contributed by atoms with Crippen molar-refractivity contribution in [2.24, 2.45) is 0 Å². The molecule has 0 aliphatic heterocycles. The van der Waals surface area contributed by atoms with Gasteiger partial charge < -0.3 is 5.32 Å². The molecule has 7 heteroatoms. The van der Waals surface area contributed by atoms with Gasteiger partial charge in [-0.1, -0.05) is 30.6 Å². The second-order valence-electron chi connectivity index (χ2n) is 6.56. The van der Waals surface area contributed by atoms with Crippen molar-refractivity contribution < 1.29 is 0 Å².